The average molecular weight is 230 g/mol. The second kappa shape index (κ2) is 4.17. The normalized spacial score (nSPS) is 17.1. The first kappa shape index (κ1) is 11.6. The largest absolute Gasteiger partial charge is 0.481 e. The SMILES string of the molecule is CCc1ccc(C2(C#N)CC(=O)C2)nc1OC. The smallest absolute Gasteiger partial charge is 0.216 e. The molecule has 4 heteroatoms. The van der Waals surface area contributed by atoms with Gasteiger partial charge in [0, 0.05) is 18.4 Å². The first-order valence-electron chi connectivity index (χ1n) is 5.62. The van der Waals surface area contributed by atoms with Crippen LogP contribution in [0.15, 0.2) is 12.1 Å². The fraction of sp³-hybridized carbons (Fsp3) is 0.462. The lowest BCUT2D eigenvalue weighted by atomic mass is 9.66. The first-order valence-corrected chi connectivity index (χ1v) is 5.62. The number of hydrogen-bond donors (Lipinski definition) is 0. The van der Waals surface area contributed by atoms with E-state index in [2.05, 4.69) is 11.1 Å². The second-order valence-electron chi connectivity index (χ2n) is 4.30. The summed E-state index contributed by atoms with van der Waals surface area (Å²) >= 11 is 0. The molecule has 0 aliphatic heterocycles. The van der Waals surface area contributed by atoms with Crippen molar-refractivity contribution in [2.75, 3.05) is 7.11 Å². The first-order chi connectivity index (χ1) is 8.15. The number of carbonyl (C=O) groups excluding carboxylic acids is 1. The highest BCUT2D eigenvalue weighted by Gasteiger charge is 2.47. The van der Waals surface area contributed by atoms with Crippen LogP contribution in [0.3, 0.4) is 0 Å². The molecule has 1 aromatic heterocycles. The molecule has 0 saturated heterocycles. The van der Waals surface area contributed by atoms with Gasteiger partial charge in [0.2, 0.25) is 5.88 Å². The molecule has 1 aromatic rings. The number of carbonyl (C=O) groups is 1. The molecule has 2 rings (SSSR count). The van der Waals surface area contributed by atoms with E-state index in [0.717, 1.165) is 12.0 Å². The molecule has 0 N–H and O–H groups in total. The highest BCUT2D eigenvalue weighted by atomic mass is 16.5. The van der Waals surface area contributed by atoms with E-state index in [9.17, 15) is 10.1 Å². The number of ketones is 1. The van der Waals surface area contributed by atoms with Gasteiger partial charge in [0.25, 0.3) is 0 Å². The number of ether oxygens (including phenoxy) is 1. The molecule has 17 heavy (non-hydrogen) atoms. The minimum Gasteiger partial charge on any atom is -0.481 e. The van der Waals surface area contributed by atoms with E-state index in [-0.39, 0.29) is 18.6 Å². The van der Waals surface area contributed by atoms with Crippen LogP contribution in [0.4, 0.5) is 0 Å². The van der Waals surface area contributed by atoms with Crippen molar-refractivity contribution in [1.29, 1.82) is 5.26 Å². The number of nitriles is 1. The van der Waals surface area contributed by atoms with Crippen molar-refractivity contribution >= 4 is 5.78 Å². The van der Waals surface area contributed by atoms with Gasteiger partial charge >= 0.3 is 0 Å². The predicted octanol–water partition coefficient (Wildman–Crippen LogP) is 1.78. The van der Waals surface area contributed by atoms with E-state index >= 15 is 0 Å². The summed E-state index contributed by atoms with van der Waals surface area (Å²) in [6.45, 7) is 2.02. The summed E-state index contributed by atoms with van der Waals surface area (Å²) in [6.07, 6.45) is 1.37. The van der Waals surface area contributed by atoms with Gasteiger partial charge in [-0.15, -0.1) is 0 Å². The molecule has 1 saturated carbocycles. The lowest BCUT2D eigenvalue weighted by Gasteiger charge is -2.33. The summed E-state index contributed by atoms with van der Waals surface area (Å²) in [5.74, 6) is 0.672. The van der Waals surface area contributed by atoms with Gasteiger partial charge < -0.3 is 4.74 Å². The Morgan fingerprint density at radius 3 is 2.71 bits per heavy atom. The van der Waals surface area contributed by atoms with Crippen molar-refractivity contribution in [3.8, 4) is 11.9 Å². The number of nitrogens with zero attached hydrogens (tertiary/aromatic N) is 2. The zero-order chi connectivity index (χ0) is 12.5. The summed E-state index contributed by atoms with van der Waals surface area (Å²) in [5, 5.41) is 9.21. The van der Waals surface area contributed by atoms with Crippen LogP contribution in [0.1, 0.15) is 31.0 Å². The Morgan fingerprint density at radius 2 is 2.24 bits per heavy atom. The van der Waals surface area contributed by atoms with E-state index in [1.807, 2.05) is 19.1 Å². The molecule has 4 nitrogen and oxygen atoms in total. The number of hydrogen-bond acceptors (Lipinski definition) is 4. The van der Waals surface area contributed by atoms with Crippen LogP contribution >= 0.6 is 0 Å². The Hall–Kier alpha value is -1.89. The van der Waals surface area contributed by atoms with Gasteiger partial charge in [-0.25, -0.2) is 4.98 Å². The van der Waals surface area contributed by atoms with Crippen LogP contribution in [-0.2, 0) is 16.6 Å². The van der Waals surface area contributed by atoms with Crippen LogP contribution in [-0.4, -0.2) is 17.9 Å². The second-order valence-corrected chi connectivity index (χ2v) is 4.30. The third-order valence-corrected chi connectivity index (χ3v) is 3.22. The third kappa shape index (κ3) is 1.78. The Labute approximate surface area is 100 Å². The molecular weight excluding hydrogens is 216 g/mol. The maximum atomic E-state index is 11.1. The zero-order valence-electron chi connectivity index (χ0n) is 9.99. The van der Waals surface area contributed by atoms with E-state index in [4.69, 9.17) is 4.74 Å². The summed E-state index contributed by atoms with van der Waals surface area (Å²) in [7, 11) is 1.57. The summed E-state index contributed by atoms with van der Waals surface area (Å²) < 4.78 is 5.21. The fourth-order valence-corrected chi connectivity index (χ4v) is 2.12. The quantitative estimate of drug-likeness (QED) is 0.794. The summed E-state index contributed by atoms with van der Waals surface area (Å²) in [6, 6.07) is 5.96. The number of rotatable bonds is 3. The Morgan fingerprint density at radius 1 is 1.53 bits per heavy atom. The molecule has 88 valence electrons. The van der Waals surface area contributed by atoms with Crippen LogP contribution in [0.25, 0.3) is 0 Å². The molecule has 0 bridgehead atoms. The number of Topliss-reactive ketones (excluding diaryl/α,β-unsaturated/α-hetero) is 1. The summed E-state index contributed by atoms with van der Waals surface area (Å²) in [4.78, 5) is 15.5. The Balaban J connectivity index is 2.40. The topological polar surface area (TPSA) is 63.0 Å². The maximum absolute atomic E-state index is 11.1. The van der Waals surface area contributed by atoms with Crippen LogP contribution in [0.2, 0.25) is 0 Å². The minimum absolute atomic E-state index is 0.117. The molecule has 0 spiro atoms. The van der Waals surface area contributed by atoms with Gasteiger partial charge in [-0.3, -0.25) is 4.79 Å². The van der Waals surface area contributed by atoms with Gasteiger partial charge in [0.15, 0.2) is 0 Å². The van der Waals surface area contributed by atoms with Crippen LogP contribution in [0.5, 0.6) is 5.88 Å². The zero-order valence-corrected chi connectivity index (χ0v) is 9.99. The van der Waals surface area contributed by atoms with Crippen molar-refractivity contribution in [2.24, 2.45) is 0 Å². The third-order valence-electron chi connectivity index (χ3n) is 3.22. The van der Waals surface area contributed by atoms with E-state index < -0.39 is 5.41 Å². The highest BCUT2D eigenvalue weighted by Crippen LogP contribution is 2.40. The van der Waals surface area contributed by atoms with Gasteiger partial charge in [-0.2, -0.15) is 5.26 Å². The fourth-order valence-electron chi connectivity index (χ4n) is 2.12. The lowest BCUT2D eigenvalue weighted by Crippen LogP contribution is -2.41. The minimum atomic E-state index is -0.726. The molecule has 1 aliphatic carbocycles. The van der Waals surface area contributed by atoms with Gasteiger partial charge in [0.05, 0.1) is 18.9 Å². The van der Waals surface area contributed by atoms with Crippen LogP contribution < -0.4 is 4.74 Å². The lowest BCUT2D eigenvalue weighted by molar-refractivity contribution is -0.126. The van der Waals surface area contributed by atoms with Crippen molar-refractivity contribution < 1.29 is 9.53 Å². The van der Waals surface area contributed by atoms with Crippen molar-refractivity contribution in [3.63, 3.8) is 0 Å². The van der Waals surface area contributed by atoms with Crippen molar-refractivity contribution in [1.82, 2.24) is 4.98 Å². The molecule has 1 aliphatic rings. The summed E-state index contributed by atoms with van der Waals surface area (Å²) in [5.41, 5.74) is 0.931. The molecule has 1 fully saturated rings. The molecule has 0 aromatic carbocycles. The average Bonchev–Trinajstić information content (AvgIpc) is 2.33. The predicted molar refractivity (Wildman–Crippen MR) is 61.7 cm³/mol. The van der Waals surface area contributed by atoms with Crippen LogP contribution in [0, 0.1) is 11.3 Å². The number of aromatic nitrogens is 1. The van der Waals surface area contributed by atoms with E-state index in [0.29, 0.717) is 11.6 Å². The van der Waals surface area contributed by atoms with E-state index in [1.165, 1.54) is 0 Å². The number of methoxy groups -OCH3 is 1. The van der Waals surface area contributed by atoms with Gasteiger partial charge in [-0.05, 0) is 12.5 Å². The number of pyridine rings is 1. The van der Waals surface area contributed by atoms with Gasteiger partial charge in [-0.1, -0.05) is 13.0 Å². The van der Waals surface area contributed by atoms with E-state index in [1.54, 1.807) is 7.11 Å². The van der Waals surface area contributed by atoms with Crippen molar-refractivity contribution in [2.45, 2.75) is 31.6 Å². The maximum Gasteiger partial charge on any atom is 0.216 e. The van der Waals surface area contributed by atoms with Gasteiger partial charge in [0.1, 0.15) is 11.2 Å². The molecule has 1 heterocycles. The molecule has 0 amide bonds. The molecule has 0 radical (unpaired) electrons. The highest BCUT2D eigenvalue weighted by molar-refractivity contribution is 5.89. The monoisotopic (exact) mass is 230 g/mol. The molecular formula is C13H14N2O2. The molecule has 0 atom stereocenters. The standard InChI is InChI=1S/C13H14N2O2/c1-3-9-4-5-11(15-12(9)17-2)13(8-14)6-10(16)7-13/h4-5H,3,6-7H2,1-2H3. The Bertz CT molecular complexity index is 495. The Kier molecular flexibility index (Phi) is 2.84. The van der Waals surface area contributed by atoms with Crippen molar-refractivity contribution in [3.05, 3.63) is 23.4 Å². The molecule has 0 unspecified atom stereocenters. The number of aryl methyl sites for hydroxylation is 1.